The van der Waals surface area contributed by atoms with Crippen LogP contribution in [0.3, 0.4) is 0 Å². The van der Waals surface area contributed by atoms with Crippen molar-refractivity contribution in [3.05, 3.63) is 0 Å². The molecule has 1 spiro atoms. The number of aliphatic hydroxyl groups is 1. The van der Waals surface area contributed by atoms with Crippen LogP contribution in [-0.4, -0.2) is 72.6 Å². The van der Waals surface area contributed by atoms with Gasteiger partial charge in [0, 0.05) is 26.1 Å². The maximum atomic E-state index is 12.6. The number of amides is 2. The summed E-state index contributed by atoms with van der Waals surface area (Å²) in [4.78, 5) is 29.2. The number of aliphatic hydroxyl groups excluding tert-OH is 1. The van der Waals surface area contributed by atoms with Crippen molar-refractivity contribution in [3.8, 4) is 0 Å². The fourth-order valence-electron chi connectivity index (χ4n) is 4.49. The highest BCUT2D eigenvalue weighted by Gasteiger charge is 2.50. The van der Waals surface area contributed by atoms with Crippen molar-refractivity contribution in [2.45, 2.75) is 51.0 Å². The topological polar surface area (TPSA) is 72.9 Å². The Morgan fingerprint density at radius 2 is 2.04 bits per heavy atom. The van der Waals surface area contributed by atoms with E-state index in [9.17, 15) is 14.7 Å². The van der Waals surface area contributed by atoms with Gasteiger partial charge < -0.3 is 20.2 Å². The molecule has 3 saturated heterocycles. The second kappa shape index (κ2) is 7.40. The number of nitrogens with one attached hydrogen (secondary N) is 1. The number of nitrogens with zero attached hydrogens (tertiary/aromatic N) is 2. The van der Waals surface area contributed by atoms with Crippen LogP contribution in [0.1, 0.15) is 44.9 Å². The highest BCUT2D eigenvalue weighted by molar-refractivity contribution is 5.86. The second-order valence-electron chi connectivity index (χ2n) is 7.92. The predicted molar refractivity (Wildman–Crippen MR) is 91.3 cm³/mol. The third-order valence-electron chi connectivity index (χ3n) is 6.28. The highest BCUT2D eigenvalue weighted by atomic mass is 16.3. The van der Waals surface area contributed by atoms with Crippen molar-refractivity contribution in [3.63, 3.8) is 0 Å². The molecule has 0 bridgehead atoms. The monoisotopic (exact) mass is 337 g/mol. The molecule has 0 radical (unpaired) electrons. The third-order valence-corrected chi connectivity index (χ3v) is 6.28. The van der Waals surface area contributed by atoms with Gasteiger partial charge in [-0.2, -0.15) is 0 Å². The molecule has 3 aliphatic heterocycles. The van der Waals surface area contributed by atoms with Crippen LogP contribution in [-0.2, 0) is 9.59 Å². The number of piperidine rings is 3. The van der Waals surface area contributed by atoms with Gasteiger partial charge in [-0.25, -0.2) is 0 Å². The van der Waals surface area contributed by atoms with E-state index < -0.39 is 11.5 Å². The van der Waals surface area contributed by atoms with E-state index in [2.05, 4.69) is 17.3 Å². The zero-order valence-corrected chi connectivity index (χ0v) is 14.8. The van der Waals surface area contributed by atoms with Crippen LogP contribution in [0.15, 0.2) is 0 Å². The first-order valence-electron chi connectivity index (χ1n) is 9.44. The molecule has 2 amide bonds. The molecule has 3 aliphatic rings. The lowest BCUT2D eigenvalue weighted by molar-refractivity contribution is -0.154. The fourth-order valence-corrected chi connectivity index (χ4v) is 4.49. The molecule has 0 aromatic heterocycles. The molecule has 24 heavy (non-hydrogen) atoms. The smallest absolute Gasteiger partial charge is 0.230 e. The summed E-state index contributed by atoms with van der Waals surface area (Å²) in [5.74, 6) is 0.722. The lowest BCUT2D eigenvalue weighted by Crippen LogP contribution is -2.62. The van der Waals surface area contributed by atoms with E-state index in [4.69, 9.17) is 0 Å². The summed E-state index contributed by atoms with van der Waals surface area (Å²) < 4.78 is 0. The molecule has 2 N–H and O–H groups in total. The molecule has 0 unspecified atom stereocenters. The minimum atomic E-state index is -0.778. The van der Waals surface area contributed by atoms with Gasteiger partial charge in [-0.05, 0) is 64.6 Å². The average Bonchev–Trinajstić information content (AvgIpc) is 2.59. The number of hydrogen-bond acceptors (Lipinski definition) is 4. The maximum absolute atomic E-state index is 12.6. The van der Waals surface area contributed by atoms with Gasteiger partial charge in [0.1, 0.15) is 0 Å². The Labute approximate surface area is 144 Å². The predicted octanol–water partition coefficient (Wildman–Crippen LogP) is 0.598. The Hall–Kier alpha value is -1.14. The molecule has 0 aliphatic carbocycles. The molecule has 3 fully saturated rings. The second-order valence-corrected chi connectivity index (χ2v) is 7.92. The Balaban J connectivity index is 1.54. The van der Waals surface area contributed by atoms with E-state index in [0.717, 1.165) is 25.9 Å². The summed E-state index contributed by atoms with van der Waals surface area (Å²) in [6.07, 6.45) is 5.30. The van der Waals surface area contributed by atoms with Crippen molar-refractivity contribution in [1.29, 1.82) is 0 Å². The first-order chi connectivity index (χ1) is 11.5. The fraction of sp³-hybridized carbons (Fsp3) is 0.889. The first-order valence-corrected chi connectivity index (χ1v) is 9.44. The number of rotatable bonds is 3. The van der Waals surface area contributed by atoms with Crippen LogP contribution in [0.2, 0.25) is 0 Å². The van der Waals surface area contributed by atoms with Gasteiger partial charge >= 0.3 is 0 Å². The highest BCUT2D eigenvalue weighted by Crippen LogP contribution is 2.37. The zero-order chi connectivity index (χ0) is 17.2. The van der Waals surface area contributed by atoms with Gasteiger partial charge in [0.2, 0.25) is 11.8 Å². The Bertz CT molecular complexity index is 476. The van der Waals surface area contributed by atoms with E-state index in [0.29, 0.717) is 44.8 Å². The van der Waals surface area contributed by atoms with Crippen LogP contribution in [0.4, 0.5) is 0 Å². The van der Waals surface area contributed by atoms with Crippen LogP contribution in [0.5, 0.6) is 0 Å². The molecule has 0 aromatic carbocycles. The summed E-state index contributed by atoms with van der Waals surface area (Å²) in [5.41, 5.74) is -0.778. The average molecular weight is 337 g/mol. The minimum absolute atomic E-state index is 0.0749. The van der Waals surface area contributed by atoms with E-state index in [1.54, 1.807) is 0 Å². The molecule has 0 saturated carbocycles. The van der Waals surface area contributed by atoms with Crippen LogP contribution in [0.25, 0.3) is 0 Å². The van der Waals surface area contributed by atoms with Gasteiger partial charge in [-0.1, -0.05) is 0 Å². The number of likely N-dealkylation sites (tertiary alicyclic amines) is 2. The van der Waals surface area contributed by atoms with E-state index in [1.807, 2.05) is 4.90 Å². The molecule has 6 nitrogen and oxygen atoms in total. The van der Waals surface area contributed by atoms with E-state index in [1.165, 1.54) is 12.8 Å². The van der Waals surface area contributed by atoms with Gasteiger partial charge in [-0.3, -0.25) is 9.59 Å². The Kier molecular flexibility index (Phi) is 5.45. The van der Waals surface area contributed by atoms with Crippen molar-refractivity contribution in [2.75, 3.05) is 39.8 Å². The zero-order valence-electron chi connectivity index (χ0n) is 14.8. The van der Waals surface area contributed by atoms with Crippen LogP contribution >= 0.6 is 0 Å². The SMILES string of the molecule is CN1CCC(CCC(=O)N2CC[C@@H](O)[C@@]3(CCCNC3=O)C2)CC1. The van der Waals surface area contributed by atoms with Crippen molar-refractivity contribution >= 4 is 11.8 Å². The molecule has 3 rings (SSSR count). The standard InChI is InChI=1S/C18H31N3O3/c1-20-10-5-14(6-11-20)3-4-16(23)21-12-7-15(22)18(13-21)8-2-9-19-17(18)24/h14-15,22H,2-13H2,1H3,(H,19,24)/t15-,18-/m1/s1. The molecule has 6 heteroatoms. The molecular weight excluding hydrogens is 306 g/mol. The normalized spacial score (nSPS) is 32.8. The molecular formula is C18H31N3O3. The van der Waals surface area contributed by atoms with E-state index >= 15 is 0 Å². The Morgan fingerprint density at radius 3 is 2.75 bits per heavy atom. The molecule has 0 aromatic rings. The quantitative estimate of drug-likeness (QED) is 0.791. The summed E-state index contributed by atoms with van der Waals surface area (Å²) in [5, 5.41) is 13.3. The van der Waals surface area contributed by atoms with Crippen molar-refractivity contribution in [1.82, 2.24) is 15.1 Å². The van der Waals surface area contributed by atoms with Crippen molar-refractivity contribution < 1.29 is 14.7 Å². The molecule has 2 atom stereocenters. The van der Waals surface area contributed by atoms with Crippen LogP contribution in [0, 0.1) is 11.3 Å². The lowest BCUT2D eigenvalue weighted by Gasteiger charge is -2.47. The largest absolute Gasteiger partial charge is 0.392 e. The number of carbonyl (C=O) groups excluding carboxylic acids is 2. The summed E-state index contributed by atoms with van der Waals surface area (Å²) in [6.45, 7) is 3.88. The lowest BCUT2D eigenvalue weighted by atomic mass is 9.71. The van der Waals surface area contributed by atoms with Crippen LogP contribution < -0.4 is 5.32 Å². The summed E-state index contributed by atoms with van der Waals surface area (Å²) >= 11 is 0. The van der Waals surface area contributed by atoms with Crippen molar-refractivity contribution in [2.24, 2.45) is 11.3 Å². The number of hydrogen-bond donors (Lipinski definition) is 2. The van der Waals surface area contributed by atoms with Gasteiger partial charge in [0.15, 0.2) is 0 Å². The minimum Gasteiger partial charge on any atom is -0.392 e. The third kappa shape index (κ3) is 3.59. The summed E-state index contributed by atoms with van der Waals surface area (Å²) in [7, 11) is 2.15. The van der Waals surface area contributed by atoms with Gasteiger partial charge in [-0.15, -0.1) is 0 Å². The maximum Gasteiger partial charge on any atom is 0.230 e. The molecule has 3 heterocycles. The molecule has 136 valence electrons. The number of carbonyl (C=O) groups is 2. The summed E-state index contributed by atoms with van der Waals surface area (Å²) in [6, 6.07) is 0. The Morgan fingerprint density at radius 1 is 1.29 bits per heavy atom. The first kappa shape index (κ1) is 17.7. The van der Waals surface area contributed by atoms with Gasteiger partial charge in [0.25, 0.3) is 0 Å². The van der Waals surface area contributed by atoms with Gasteiger partial charge in [0.05, 0.1) is 11.5 Å². The van der Waals surface area contributed by atoms with E-state index in [-0.39, 0.29) is 11.8 Å².